The number of allylic oxidation sites excluding steroid dienone is 1. The number of hydrogen-bond acceptors (Lipinski definition) is 4. The van der Waals surface area contributed by atoms with E-state index < -0.39 is 0 Å². The van der Waals surface area contributed by atoms with Crippen LogP contribution in [0.2, 0.25) is 0 Å². The van der Waals surface area contributed by atoms with E-state index in [1.54, 1.807) is 12.1 Å². The van der Waals surface area contributed by atoms with Gasteiger partial charge in [-0.15, -0.1) is 30.6 Å². The van der Waals surface area contributed by atoms with E-state index >= 15 is 0 Å². The van der Waals surface area contributed by atoms with Crippen molar-refractivity contribution in [1.82, 2.24) is 20.0 Å². The van der Waals surface area contributed by atoms with Gasteiger partial charge in [-0.3, -0.25) is 4.99 Å². The van der Waals surface area contributed by atoms with Gasteiger partial charge >= 0.3 is 0 Å². The number of benzene rings is 1. The van der Waals surface area contributed by atoms with E-state index in [0.29, 0.717) is 29.9 Å². The molecular formula is C22H31FIN7. The fourth-order valence-electron chi connectivity index (χ4n) is 3.03. The number of anilines is 1. The molecule has 0 amide bonds. The molecule has 9 heteroatoms. The largest absolute Gasteiger partial charge is 0.382 e. The van der Waals surface area contributed by atoms with Gasteiger partial charge in [0.15, 0.2) is 5.96 Å². The molecule has 0 aliphatic heterocycles. The number of nitrogens with one attached hydrogen (secondary N) is 1. The smallest absolute Gasteiger partial charge is 0.193 e. The molecular weight excluding hydrogens is 508 g/mol. The predicted molar refractivity (Wildman–Crippen MR) is 134 cm³/mol. The van der Waals surface area contributed by atoms with Gasteiger partial charge in [0.2, 0.25) is 0 Å². The molecule has 0 atom stereocenters. The van der Waals surface area contributed by atoms with E-state index in [2.05, 4.69) is 33.0 Å². The Balaban J connectivity index is 0.00000480. The molecule has 2 aromatic rings. The second-order valence-electron chi connectivity index (χ2n) is 6.90. The summed E-state index contributed by atoms with van der Waals surface area (Å²) in [5.74, 6) is 0.783. The third kappa shape index (κ3) is 7.54. The number of nitrogens with two attached hydrogens (primary N) is 1. The van der Waals surface area contributed by atoms with Crippen LogP contribution in [-0.4, -0.2) is 47.3 Å². The number of nitrogen functional groups attached to an aromatic ring is 1. The number of aryl methyl sites for hydroxylation is 1. The highest BCUT2D eigenvalue weighted by molar-refractivity contribution is 14.0. The molecule has 0 spiro atoms. The summed E-state index contributed by atoms with van der Waals surface area (Å²) in [6, 6.07) is 7.98. The zero-order valence-electron chi connectivity index (χ0n) is 18.1. The summed E-state index contributed by atoms with van der Waals surface area (Å²) in [4.78, 5) is 6.78. The van der Waals surface area contributed by atoms with Crippen molar-refractivity contribution in [3.05, 3.63) is 54.0 Å². The van der Waals surface area contributed by atoms with Gasteiger partial charge in [-0.1, -0.05) is 6.08 Å². The average molecular weight is 539 g/mol. The fourth-order valence-corrected chi connectivity index (χ4v) is 3.03. The molecule has 0 saturated carbocycles. The van der Waals surface area contributed by atoms with E-state index in [9.17, 15) is 9.65 Å². The van der Waals surface area contributed by atoms with Crippen LogP contribution in [0.1, 0.15) is 37.4 Å². The van der Waals surface area contributed by atoms with Gasteiger partial charge in [0, 0.05) is 26.7 Å². The van der Waals surface area contributed by atoms with Gasteiger partial charge < -0.3 is 16.0 Å². The van der Waals surface area contributed by atoms with Gasteiger partial charge in [0.05, 0.1) is 11.4 Å². The lowest BCUT2D eigenvalue weighted by atomic mass is 10.1. The molecule has 1 aromatic carbocycles. The van der Waals surface area contributed by atoms with Crippen molar-refractivity contribution in [2.45, 2.75) is 32.6 Å². The Hall–Kier alpha value is -2.61. The number of guanidine groups is 1. The Morgan fingerprint density at radius 1 is 1.39 bits per heavy atom. The van der Waals surface area contributed by atoms with Crippen LogP contribution in [0, 0.1) is 17.1 Å². The third-order valence-corrected chi connectivity index (χ3v) is 4.61. The number of halogens is 2. The molecule has 3 N–H and O–H groups in total. The van der Waals surface area contributed by atoms with Crippen molar-refractivity contribution in [3.8, 4) is 11.8 Å². The van der Waals surface area contributed by atoms with Crippen LogP contribution in [-0.2, 0) is 6.42 Å². The van der Waals surface area contributed by atoms with Gasteiger partial charge in [-0.25, -0.2) is 9.07 Å². The second-order valence-corrected chi connectivity index (χ2v) is 6.90. The van der Waals surface area contributed by atoms with Gasteiger partial charge in [-0.05, 0) is 56.9 Å². The SMILES string of the molecule is C=CCCCN(C)C(=NCCCc1nn(-c2ccc(F)cc2)c(N)c1C#N)NCC.I. The standard InChI is InChI=1S/C22H30FN7.HI/c1-4-6-7-15-29(3)22(26-5-2)27-14-8-9-20-19(16-24)21(25)30(28-20)18-12-10-17(23)11-13-18;/h4,10-13H,1,5-9,14-15,25H2,2-3H3,(H,26,27);1H. The van der Waals surface area contributed by atoms with E-state index in [1.807, 2.05) is 20.0 Å². The highest BCUT2D eigenvalue weighted by atomic mass is 127. The molecule has 0 bridgehead atoms. The first kappa shape index (κ1) is 26.4. The van der Waals surface area contributed by atoms with Crippen molar-refractivity contribution >= 4 is 35.8 Å². The molecule has 0 unspecified atom stereocenters. The van der Waals surface area contributed by atoms with Crippen molar-refractivity contribution < 1.29 is 4.39 Å². The summed E-state index contributed by atoms with van der Waals surface area (Å²) >= 11 is 0. The lowest BCUT2D eigenvalue weighted by molar-refractivity contribution is 0.469. The molecule has 7 nitrogen and oxygen atoms in total. The van der Waals surface area contributed by atoms with E-state index in [0.717, 1.165) is 38.3 Å². The summed E-state index contributed by atoms with van der Waals surface area (Å²) < 4.78 is 14.7. The molecule has 0 aliphatic rings. The maximum atomic E-state index is 13.2. The Labute approximate surface area is 200 Å². The summed E-state index contributed by atoms with van der Waals surface area (Å²) in [5.41, 5.74) is 7.71. The number of unbranched alkanes of at least 4 members (excludes halogenated alkanes) is 1. The molecule has 0 saturated heterocycles. The molecule has 31 heavy (non-hydrogen) atoms. The van der Waals surface area contributed by atoms with Crippen molar-refractivity contribution in [3.63, 3.8) is 0 Å². The highest BCUT2D eigenvalue weighted by Crippen LogP contribution is 2.21. The predicted octanol–water partition coefficient (Wildman–Crippen LogP) is 3.88. The highest BCUT2D eigenvalue weighted by Gasteiger charge is 2.16. The Kier molecular flexibility index (Phi) is 11.6. The summed E-state index contributed by atoms with van der Waals surface area (Å²) in [6.07, 6.45) is 5.21. The van der Waals surface area contributed by atoms with E-state index in [-0.39, 0.29) is 35.6 Å². The molecule has 0 fully saturated rings. The van der Waals surface area contributed by atoms with Crippen LogP contribution >= 0.6 is 24.0 Å². The summed E-state index contributed by atoms with van der Waals surface area (Å²) in [5, 5.41) is 17.3. The number of aromatic nitrogens is 2. The molecule has 168 valence electrons. The first-order chi connectivity index (χ1) is 14.5. The Bertz CT molecular complexity index is 900. The minimum Gasteiger partial charge on any atom is -0.382 e. The number of nitriles is 1. The zero-order chi connectivity index (χ0) is 21.9. The Morgan fingerprint density at radius 3 is 2.71 bits per heavy atom. The van der Waals surface area contributed by atoms with Crippen LogP contribution < -0.4 is 11.1 Å². The Morgan fingerprint density at radius 2 is 2.10 bits per heavy atom. The topological polar surface area (TPSA) is 95.3 Å². The van der Waals surface area contributed by atoms with Crippen molar-refractivity contribution in [1.29, 1.82) is 5.26 Å². The quantitative estimate of drug-likeness (QED) is 0.157. The third-order valence-electron chi connectivity index (χ3n) is 4.61. The zero-order valence-corrected chi connectivity index (χ0v) is 20.5. The first-order valence-electron chi connectivity index (χ1n) is 10.2. The maximum Gasteiger partial charge on any atom is 0.193 e. The van der Waals surface area contributed by atoms with Gasteiger partial charge in [-0.2, -0.15) is 10.4 Å². The van der Waals surface area contributed by atoms with Crippen molar-refractivity contribution in [2.75, 3.05) is 32.4 Å². The molecule has 0 aliphatic carbocycles. The first-order valence-corrected chi connectivity index (χ1v) is 10.2. The van der Waals surface area contributed by atoms with Crippen LogP contribution in [0.5, 0.6) is 0 Å². The van der Waals surface area contributed by atoms with Crippen LogP contribution in [0.4, 0.5) is 10.2 Å². The molecule has 0 radical (unpaired) electrons. The number of nitrogens with zero attached hydrogens (tertiary/aromatic N) is 5. The van der Waals surface area contributed by atoms with Gasteiger partial charge in [0.1, 0.15) is 23.3 Å². The fraction of sp³-hybridized carbons (Fsp3) is 0.409. The minimum atomic E-state index is -0.339. The van der Waals surface area contributed by atoms with Crippen LogP contribution in [0.25, 0.3) is 5.69 Å². The van der Waals surface area contributed by atoms with E-state index in [1.165, 1.54) is 16.8 Å². The van der Waals surface area contributed by atoms with Crippen molar-refractivity contribution in [2.24, 2.45) is 4.99 Å². The number of hydrogen-bond donors (Lipinski definition) is 2. The van der Waals surface area contributed by atoms with E-state index in [4.69, 9.17) is 5.73 Å². The normalized spacial score (nSPS) is 10.8. The molecule has 2 rings (SSSR count). The minimum absolute atomic E-state index is 0. The second kappa shape index (κ2) is 13.6. The van der Waals surface area contributed by atoms with Crippen LogP contribution in [0.3, 0.4) is 0 Å². The number of aliphatic imine (C=N–C) groups is 1. The average Bonchev–Trinajstić information content (AvgIpc) is 3.06. The van der Waals surface area contributed by atoms with Gasteiger partial charge in [0.25, 0.3) is 0 Å². The summed E-state index contributed by atoms with van der Waals surface area (Å²) in [7, 11) is 2.02. The molecule has 1 aromatic heterocycles. The monoisotopic (exact) mass is 539 g/mol. The van der Waals surface area contributed by atoms with Crippen LogP contribution in [0.15, 0.2) is 41.9 Å². The maximum absolute atomic E-state index is 13.2. The summed E-state index contributed by atoms with van der Waals surface area (Å²) in [6.45, 7) is 8.08. The lowest BCUT2D eigenvalue weighted by Gasteiger charge is -2.21. The molecule has 1 heterocycles. The number of rotatable bonds is 10. The lowest BCUT2D eigenvalue weighted by Crippen LogP contribution is -2.39.